The molecule has 186 valence electrons. The number of rotatable bonds is 6. The summed E-state index contributed by atoms with van der Waals surface area (Å²) < 4.78 is 29.1. The first-order chi connectivity index (χ1) is 17.3. The van der Waals surface area contributed by atoms with E-state index in [0.717, 1.165) is 12.1 Å². The third kappa shape index (κ3) is 5.25. The molecule has 1 aliphatic rings. The molecular weight excluding hydrogens is 488 g/mol. The van der Waals surface area contributed by atoms with E-state index in [4.69, 9.17) is 11.6 Å². The van der Waals surface area contributed by atoms with E-state index in [1.807, 2.05) is 6.07 Å². The molecule has 3 aromatic rings. The molecule has 7 nitrogen and oxygen atoms in total. The molecule has 0 aliphatic carbocycles. The number of nitriles is 1. The van der Waals surface area contributed by atoms with Crippen LogP contribution in [0.25, 0.3) is 11.1 Å². The molecule has 1 fully saturated rings. The number of halogens is 3. The number of H-pyrrole nitrogens is 1. The van der Waals surface area contributed by atoms with Crippen molar-refractivity contribution in [1.82, 2.24) is 20.5 Å². The van der Waals surface area contributed by atoms with Crippen LogP contribution in [0.1, 0.15) is 39.6 Å². The average Bonchev–Trinajstić information content (AvgIpc) is 3.30. The molecule has 1 aromatic heterocycles. The van der Waals surface area contributed by atoms with E-state index < -0.39 is 23.6 Å². The van der Waals surface area contributed by atoms with Crippen molar-refractivity contribution in [2.24, 2.45) is 0 Å². The van der Waals surface area contributed by atoms with Gasteiger partial charge in [-0.15, -0.1) is 0 Å². The number of benzene rings is 2. The standard InChI is InChI=1S/C26H24ClF2N5O2/c1-15-19(28)5-6-20(29)24(15)25-18(14-32-22(25)13-30)26(36)33-21(16-3-2-4-17(27)11-16)12-23(35)34-9-7-31-8-10-34/h2-6,11,14,21,31-32H,7-10,12H2,1H3,(H,33,36)/t21-/m0/s1. The smallest absolute Gasteiger partial charge is 0.253 e. The number of nitrogens with one attached hydrogen (secondary N) is 3. The van der Waals surface area contributed by atoms with Crippen molar-refractivity contribution in [2.75, 3.05) is 26.2 Å². The molecule has 36 heavy (non-hydrogen) atoms. The highest BCUT2D eigenvalue weighted by molar-refractivity contribution is 6.30. The molecule has 10 heteroatoms. The number of carbonyl (C=O) groups is 2. The summed E-state index contributed by atoms with van der Waals surface area (Å²) in [4.78, 5) is 30.9. The molecule has 1 aliphatic heterocycles. The maximum absolute atomic E-state index is 14.8. The van der Waals surface area contributed by atoms with Gasteiger partial charge in [0.1, 0.15) is 23.4 Å². The zero-order chi connectivity index (χ0) is 25.8. The number of nitrogens with zero attached hydrogens (tertiary/aromatic N) is 2. The van der Waals surface area contributed by atoms with Crippen LogP contribution in [-0.2, 0) is 4.79 Å². The Morgan fingerprint density at radius 2 is 1.89 bits per heavy atom. The summed E-state index contributed by atoms with van der Waals surface area (Å²) in [6.07, 6.45) is 1.25. The highest BCUT2D eigenvalue weighted by atomic mass is 35.5. The molecule has 2 amide bonds. The predicted molar refractivity (Wildman–Crippen MR) is 131 cm³/mol. The first-order valence-electron chi connectivity index (χ1n) is 11.4. The molecule has 0 saturated carbocycles. The third-order valence-corrected chi connectivity index (χ3v) is 6.47. The molecule has 3 N–H and O–H groups in total. The average molecular weight is 512 g/mol. The lowest BCUT2D eigenvalue weighted by Crippen LogP contribution is -2.47. The fourth-order valence-corrected chi connectivity index (χ4v) is 4.54. The van der Waals surface area contributed by atoms with Crippen LogP contribution in [0.3, 0.4) is 0 Å². The summed E-state index contributed by atoms with van der Waals surface area (Å²) >= 11 is 6.17. The van der Waals surface area contributed by atoms with Crippen LogP contribution in [0.5, 0.6) is 0 Å². The van der Waals surface area contributed by atoms with E-state index in [2.05, 4.69) is 15.6 Å². The molecule has 0 radical (unpaired) electrons. The van der Waals surface area contributed by atoms with E-state index >= 15 is 0 Å². The van der Waals surface area contributed by atoms with Gasteiger partial charge >= 0.3 is 0 Å². The Kier molecular flexibility index (Phi) is 7.67. The molecule has 2 aromatic carbocycles. The van der Waals surface area contributed by atoms with Crippen LogP contribution in [0, 0.1) is 29.9 Å². The minimum absolute atomic E-state index is 0.0235. The van der Waals surface area contributed by atoms with Crippen LogP contribution in [0.15, 0.2) is 42.6 Å². The Morgan fingerprint density at radius 1 is 1.17 bits per heavy atom. The zero-order valence-electron chi connectivity index (χ0n) is 19.5. The fourth-order valence-electron chi connectivity index (χ4n) is 4.34. The normalized spacial score (nSPS) is 14.2. The molecule has 2 heterocycles. The van der Waals surface area contributed by atoms with Gasteiger partial charge in [-0.1, -0.05) is 23.7 Å². The number of hydrogen-bond acceptors (Lipinski definition) is 4. The highest BCUT2D eigenvalue weighted by Gasteiger charge is 2.28. The van der Waals surface area contributed by atoms with Gasteiger partial charge in [-0.25, -0.2) is 8.78 Å². The van der Waals surface area contributed by atoms with Crippen molar-refractivity contribution in [2.45, 2.75) is 19.4 Å². The summed E-state index contributed by atoms with van der Waals surface area (Å²) in [5.74, 6) is -2.22. The summed E-state index contributed by atoms with van der Waals surface area (Å²) in [6, 6.07) is 9.90. The molecule has 0 spiro atoms. The summed E-state index contributed by atoms with van der Waals surface area (Å²) in [6.45, 7) is 3.86. The number of amides is 2. The number of aromatic amines is 1. The van der Waals surface area contributed by atoms with Crippen LogP contribution in [0.2, 0.25) is 5.02 Å². The Hall–Kier alpha value is -3.74. The summed E-state index contributed by atoms with van der Waals surface area (Å²) in [5.41, 5.74) is 0.257. The van der Waals surface area contributed by atoms with Crippen LogP contribution < -0.4 is 10.6 Å². The minimum atomic E-state index is -0.765. The van der Waals surface area contributed by atoms with Crippen molar-refractivity contribution in [3.63, 3.8) is 0 Å². The van der Waals surface area contributed by atoms with E-state index in [9.17, 15) is 23.6 Å². The van der Waals surface area contributed by atoms with E-state index in [-0.39, 0.29) is 40.3 Å². The van der Waals surface area contributed by atoms with Crippen molar-refractivity contribution in [3.05, 3.63) is 81.6 Å². The highest BCUT2D eigenvalue weighted by Crippen LogP contribution is 2.34. The lowest BCUT2D eigenvalue weighted by Gasteiger charge is -2.29. The first-order valence-corrected chi connectivity index (χ1v) is 11.8. The summed E-state index contributed by atoms with van der Waals surface area (Å²) in [5, 5.41) is 16.1. The third-order valence-electron chi connectivity index (χ3n) is 6.24. The zero-order valence-corrected chi connectivity index (χ0v) is 20.3. The maximum Gasteiger partial charge on any atom is 0.253 e. The van der Waals surface area contributed by atoms with Crippen molar-refractivity contribution in [3.8, 4) is 17.2 Å². The number of hydrogen-bond donors (Lipinski definition) is 3. The van der Waals surface area contributed by atoms with Gasteiger partial charge in [0, 0.05) is 48.5 Å². The lowest BCUT2D eigenvalue weighted by molar-refractivity contribution is -0.132. The largest absolute Gasteiger partial charge is 0.352 e. The quantitative estimate of drug-likeness (QED) is 0.464. The van der Waals surface area contributed by atoms with Crippen molar-refractivity contribution >= 4 is 23.4 Å². The maximum atomic E-state index is 14.8. The fraction of sp³-hybridized carbons (Fsp3) is 0.269. The van der Waals surface area contributed by atoms with Gasteiger partial charge in [0.05, 0.1) is 18.0 Å². The van der Waals surface area contributed by atoms with Crippen molar-refractivity contribution < 1.29 is 18.4 Å². The minimum Gasteiger partial charge on any atom is -0.352 e. The van der Waals surface area contributed by atoms with E-state index in [0.29, 0.717) is 36.8 Å². The Balaban J connectivity index is 1.70. The summed E-state index contributed by atoms with van der Waals surface area (Å²) in [7, 11) is 0. The molecular formula is C26H24ClF2N5O2. The molecule has 1 saturated heterocycles. The number of carbonyl (C=O) groups excluding carboxylic acids is 2. The number of piperazine rings is 1. The Labute approximate surface area is 212 Å². The van der Waals surface area contributed by atoms with E-state index in [1.165, 1.54) is 13.1 Å². The van der Waals surface area contributed by atoms with Gasteiger partial charge in [0.25, 0.3) is 5.91 Å². The Bertz CT molecular complexity index is 1340. The van der Waals surface area contributed by atoms with E-state index in [1.54, 1.807) is 29.2 Å². The second kappa shape index (κ2) is 10.9. The lowest BCUT2D eigenvalue weighted by atomic mass is 9.95. The molecule has 4 rings (SSSR count). The molecule has 0 unspecified atom stereocenters. The van der Waals surface area contributed by atoms with Crippen LogP contribution >= 0.6 is 11.6 Å². The molecule has 0 bridgehead atoms. The van der Waals surface area contributed by atoms with Gasteiger partial charge in [0.15, 0.2) is 0 Å². The topological polar surface area (TPSA) is 101 Å². The van der Waals surface area contributed by atoms with Gasteiger partial charge < -0.3 is 20.5 Å². The predicted octanol–water partition coefficient (Wildman–Crippen LogP) is 4.09. The van der Waals surface area contributed by atoms with Crippen LogP contribution in [-0.4, -0.2) is 47.9 Å². The SMILES string of the molecule is Cc1c(F)ccc(F)c1-c1c(C(=O)N[C@@H](CC(=O)N2CCNCC2)c2cccc(Cl)c2)c[nH]c1C#N. The van der Waals surface area contributed by atoms with Gasteiger partial charge in [-0.05, 0) is 42.3 Å². The van der Waals surface area contributed by atoms with Crippen molar-refractivity contribution in [1.29, 1.82) is 5.26 Å². The first kappa shape index (κ1) is 25.4. The monoisotopic (exact) mass is 511 g/mol. The Morgan fingerprint density at radius 3 is 2.58 bits per heavy atom. The second-order valence-corrected chi connectivity index (χ2v) is 8.95. The second-order valence-electron chi connectivity index (χ2n) is 8.51. The van der Waals surface area contributed by atoms with Crippen LogP contribution in [0.4, 0.5) is 8.78 Å². The number of aromatic nitrogens is 1. The molecule has 1 atom stereocenters. The van der Waals surface area contributed by atoms with Gasteiger partial charge in [0.2, 0.25) is 5.91 Å². The van der Waals surface area contributed by atoms with Gasteiger partial charge in [-0.3, -0.25) is 9.59 Å². The van der Waals surface area contributed by atoms with Gasteiger partial charge in [-0.2, -0.15) is 5.26 Å².